The quantitative estimate of drug-likeness (QED) is 0.808. The minimum Gasteiger partial charge on any atom is -0.497 e. The van der Waals surface area contributed by atoms with Gasteiger partial charge in [0.25, 0.3) is 0 Å². The SMILES string of the molecule is CCCN(Cc1cccc(OC)c1)CC(O)c1ccccc1. The maximum Gasteiger partial charge on any atom is 0.119 e. The molecule has 0 saturated heterocycles. The third-order valence-electron chi connectivity index (χ3n) is 3.70. The third kappa shape index (κ3) is 4.86. The van der Waals surface area contributed by atoms with Crippen LogP contribution in [0.2, 0.25) is 0 Å². The molecule has 118 valence electrons. The Morgan fingerprint density at radius 1 is 1.09 bits per heavy atom. The molecule has 0 aliphatic rings. The lowest BCUT2D eigenvalue weighted by Gasteiger charge is -2.25. The average Bonchev–Trinajstić information content (AvgIpc) is 2.56. The Kier molecular flexibility index (Phi) is 6.44. The fourth-order valence-electron chi connectivity index (χ4n) is 2.61. The molecule has 0 amide bonds. The normalized spacial score (nSPS) is 12.4. The van der Waals surface area contributed by atoms with Gasteiger partial charge in [0.2, 0.25) is 0 Å². The number of methoxy groups -OCH3 is 1. The third-order valence-corrected chi connectivity index (χ3v) is 3.70. The van der Waals surface area contributed by atoms with E-state index >= 15 is 0 Å². The highest BCUT2D eigenvalue weighted by atomic mass is 16.5. The standard InChI is InChI=1S/C19H25NO2/c1-3-12-20(14-16-8-7-11-18(13-16)22-2)15-19(21)17-9-5-4-6-10-17/h4-11,13,19,21H,3,12,14-15H2,1-2H3. The minimum atomic E-state index is -0.460. The number of hydrogen-bond donors (Lipinski definition) is 1. The average molecular weight is 299 g/mol. The summed E-state index contributed by atoms with van der Waals surface area (Å²) >= 11 is 0. The zero-order valence-corrected chi connectivity index (χ0v) is 13.4. The van der Waals surface area contributed by atoms with Crippen LogP contribution in [-0.4, -0.2) is 30.2 Å². The van der Waals surface area contributed by atoms with Gasteiger partial charge in [-0.3, -0.25) is 4.90 Å². The Hall–Kier alpha value is -1.84. The molecular formula is C19H25NO2. The lowest BCUT2D eigenvalue weighted by atomic mass is 10.1. The number of hydrogen-bond acceptors (Lipinski definition) is 3. The summed E-state index contributed by atoms with van der Waals surface area (Å²) in [4.78, 5) is 2.28. The first-order valence-electron chi connectivity index (χ1n) is 7.81. The van der Waals surface area contributed by atoms with Crippen molar-refractivity contribution in [2.45, 2.75) is 26.0 Å². The van der Waals surface area contributed by atoms with Crippen molar-refractivity contribution in [2.24, 2.45) is 0 Å². The molecule has 2 rings (SSSR count). The van der Waals surface area contributed by atoms with E-state index < -0.39 is 6.10 Å². The molecule has 0 fully saturated rings. The van der Waals surface area contributed by atoms with E-state index in [0.29, 0.717) is 6.54 Å². The molecule has 0 bridgehead atoms. The van der Waals surface area contributed by atoms with Crippen LogP contribution < -0.4 is 4.74 Å². The smallest absolute Gasteiger partial charge is 0.119 e. The Morgan fingerprint density at radius 3 is 2.55 bits per heavy atom. The summed E-state index contributed by atoms with van der Waals surface area (Å²) in [6.07, 6.45) is 0.601. The van der Waals surface area contributed by atoms with E-state index in [1.807, 2.05) is 42.5 Å². The number of benzene rings is 2. The number of nitrogens with zero attached hydrogens (tertiary/aromatic N) is 1. The molecule has 22 heavy (non-hydrogen) atoms. The molecule has 1 atom stereocenters. The summed E-state index contributed by atoms with van der Waals surface area (Å²) in [5.74, 6) is 0.873. The van der Waals surface area contributed by atoms with Crippen molar-refractivity contribution in [3.63, 3.8) is 0 Å². The van der Waals surface area contributed by atoms with Gasteiger partial charge in [-0.1, -0.05) is 49.4 Å². The van der Waals surface area contributed by atoms with Crippen molar-refractivity contribution in [2.75, 3.05) is 20.2 Å². The Bertz CT molecular complexity index is 556. The summed E-state index contributed by atoms with van der Waals surface area (Å²) < 4.78 is 5.28. The fourth-order valence-corrected chi connectivity index (χ4v) is 2.61. The molecule has 2 aromatic rings. The van der Waals surface area contributed by atoms with Crippen LogP contribution >= 0.6 is 0 Å². The van der Waals surface area contributed by atoms with Crippen molar-refractivity contribution in [1.82, 2.24) is 4.90 Å². The van der Waals surface area contributed by atoms with Gasteiger partial charge in [0, 0.05) is 13.1 Å². The monoisotopic (exact) mass is 299 g/mol. The van der Waals surface area contributed by atoms with Crippen molar-refractivity contribution in [3.8, 4) is 5.75 Å². The molecule has 0 aliphatic heterocycles. The second kappa shape index (κ2) is 8.57. The predicted molar refractivity (Wildman–Crippen MR) is 90.0 cm³/mol. The molecule has 2 aromatic carbocycles. The van der Waals surface area contributed by atoms with Crippen LogP contribution in [0.25, 0.3) is 0 Å². The molecular weight excluding hydrogens is 274 g/mol. The van der Waals surface area contributed by atoms with E-state index in [2.05, 4.69) is 24.0 Å². The van der Waals surface area contributed by atoms with Gasteiger partial charge in [-0.2, -0.15) is 0 Å². The zero-order valence-electron chi connectivity index (χ0n) is 13.4. The van der Waals surface area contributed by atoms with Crippen molar-refractivity contribution in [3.05, 3.63) is 65.7 Å². The van der Waals surface area contributed by atoms with Crippen molar-refractivity contribution in [1.29, 1.82) is 0 Å². The van der Waals surface area contributed by atoms with Crippen molar-refractivity contribution < 1.29 is 9.84 Å². The van der Waals surface area contributed by atoms with E-state index in [1.54, 1.807) is 7.11 Å². The first-order valence-corrected chi connectivity index (χ1v) is 7.81. The van der Waals surface area contributed by atoms with Gasteiger partial charge >= 0.3 is 0 Å². The van der Waals surface area contributed by atoms with Crippen LogP contribution in [0, 0.1) is 0 Å². The zero-order chi connectivity index (χ0) is 15.8. The van der Waals surface area contributed by atoms with Gasteiger partial charge in [-0.05, 0) is 36.2 Å². The molecule has 0 saturated carbocycles. The van der Waals surface area contributed by atoms with E-state index in [0.717, 1.165) is 30.8 Å². The maximum atomic E-state index is 10.4. The van der Waals surface area contributed by atoms with E-state index in [9.17, 15) is 5.11 Å². The maximum absolute atomic E-state index is 10.4. The van der Waals surface area contributed by atoms with Gasteiger partial charge in [0.1, 0.15) is 5.75 Å². The van der Waals surface area contributed by atoms with Crippen LogP contribution in [0.15, 0.2) is 54.6 Å². The van der Waals surface area contributed by atoms with Gasteiger partial charge in [-0.25, -0.2) is 0 Å². The largest absolute Gasteiger partial charge is 0.497 e. The fraction of sp³-hybridized carbons (Fsp3) is 0.368. The van der Waals surface area contributed by atoms with Crippen LogP contribution in [0.1, 0.15) is 30.6 Å². The highest BCUT2D eigenvalue weighted by molar-refractivity contribution is 5.28. The highest BCUT2D eigenvalue weighted by Crippen LogP contribution is 2.18. The first-order chi connectivity index (χ1) is 10.7. The molecule has 0 aromatic heterocycles. The second-order valence-corrected chi connectivity index (χ2v) is 5.51. The van der Waals surface area contributed by atoms with Crippen LogP contribution in [-0.2, 0) is 6.54 Å². The van der Waals surface area contributed by atoms with Crippen LogP contribution in [0.5, 0.6) is 5.75 Å². The minimum absolute atomic E-state index is 0.460. The van der Waals surface area contributed by atoms with Crippen LogP contribution in [0.3, 0.4) is 0 Å². The highest BCUT2D eigenvalue weighted by Gasteiger charge is 2.13. The molecule has 0 radical (unpaired) electrons. The Balaban J connectivity index is 2.02. The van der Waals surface area contributed by atoms with Crippen molar-refractivity contribution >= 4 is 0 Å². The van der Waals surface area contributed by atoms with Gasteiger partial charge < -0.3 is 9.84 Å². The van der Waals surface area contributed by atoms with E-state index in [4.69, 9.17) is 4.74 Å². The number of rotatable bonds is 8. The first kappa shape index (κ1) is 16.5. The van der Waals surface area contributed by atoms with Gasteiger partial charge in [0.15, 0.2) is 0 Å². The molecule has 3 nitrogen and oxygen atoms in total. The lowest BCUT2D eigenvalue weighted by Crippen LogP contribution is -2.29. The molecule has 1 N–H and O–H groups in total. The summed E-state index contributed by atoms with van der Waals surface area (Å²) in [6.45, 7) is 4.57. The molecule has 1 unspecified atom stereocenters. The van der Waals surface area contributed by atoms with E-state index in [-0.39, 0.29) is 0 Å². The molecule has 0 spiro atoms. The lowest BCUT2D eigenvalue weighted by molar-refractivity contribution is 0.109. The predicted octanol–water partition coefficient (Wildman–Crippen LogP) is 3.64. The second-order valence-electron chi connectivity index (χ2n) is 5.51. The summed E-state index contributed by atoms with van der Waals surface area (Å²) in [6, 6.07) is 17.9. The van der Waals surface area contributed by atoms with Crippen LogP contribution in [0.4, 0.5) is 0 Å². The number of aliphatic hydroxyl groups excluding tert-OH is 1. The Labute approximate surface area is 133 Å². The molecule has 0 aliphatic carbocycles. The Morgan fingerprint density at radius 2 is 1.86 bits per heavy atom. The van der Waals surface area contributed by atoms with Gasteiger partial charge in [-0.15, -0.1) is 0 Å². The molecule has 3 heteroatoms. The van der Waals surface area contributed by atoms with E-state index in [1.165, 1.54) is 5.56 Å². The summed E-state index contributed by atoms with van der Waals surface area (Å²) in [5, 5.41) is 10.4. The summed E-state index contributed by atoms with van der Waals surface area (Å²) in [7, 11) is 1.68. The number of ether oxygens (including phenoxy) is 1. The summed E-state index contributed by atoms with van der Waals surface area (Å²) in [5.41, 5.74) is 2.17. The topological polar surface area (TPSA) is 32.7 Å². The van der Waals surface area contributed by atoms with Gasteiger partial charge in [0.05, 0.1) is 13.2 Å². The molecule has 0 heterocycles. The number of aliphatic hydroxyl groups is 1.